The van der Waals surface area contributed by atoms with E-state index in [9.17, 15) is 4.79 Å². The van der Waals surface area contributed by atoms with E-state index in [1.54, 1.807) is 11.3 Å². The summed E-state index contributed by atoms with van der Waals surface area (Å²) in [6.07, 6.45) is 1.89. The van der Waals surface area contributed by atoms with Crippen molar-refractivity contribution in [3.63, 3.8) is 0 Å². The zero-order chi connectivity index (χ0) is 12.8. The maximum Gasteiger partial charge on any atom is 0.220 e. The number of nitrogens with zero attached hydrogens (tertiary/aromatic N) is 1. The van der Waals surface area contributed by atoms with Gasteiger partial charge >= 0.3 is 0 Å². The maximum absolute atomic E-state index is 11.6. The van der Waals surface area contributed by atoms with Crippen molar-refractivity contribution in [1.82, 2.24) is 10.3 Å². The van der Waals surface area contributed by atoms with Crippen molar-refractivity contribution in [3.05, 3.63) is 15.6 Å². The van der Waals surface area contributed by atoms with Crippen molar-refractivity contribution in [3.8, 4) is 0 Å². The van der Waals surface area contributed by atoms with E-state index in [-0.39, 0.29) is 18.6 Å². The van der Waals surface area contributed by atoms with Crippen molar-refractivity contribution in [2.45, 2.75) is 46.1 Å². The minimum absolute atomic E-state index is 0.0165. The molecule has 0 radical (unpaired) electrons. The van der Waals surface area contributed by atoms with Crippen LogP contribution in [0, 0.1) is 13.8 Å². The van der Waals surface area contributed by atoms with Crippen LogP contribution in [0.15, 0.2) is 0 Å². The molecule has 1 aromatic heterocycles. The minimum Gasteiger partial charge on any atom is -0.396 e. The summed E-state index contributed by atoms with van der Waals surface area (Å²) in [4.78, 5) is 17.1. The number of carbonyl (C=O) groups excluding carboxylic acids is 1. The maximum atomic E-state index is 11.6. The van der Waals surface area contributed by atoms with Gasteiger partial charge in [0, 0.05) is 17.9 Å². The Kier molecular flexibility index (Phi) is 5.58. The van der Waals surface area contributed by atoms with Crippen LogP contribution in [0.25, 0.3) is 0 Å². The van der Waals surface area contributed by atoms with Crippen LogP contribution in [0.5, 0.6) is 0 Å². The lowest BCUT2D eigenvalue weighted by Gasteiger charge is -2.12. The molecule has 4 nitrogen and oxygen atoms in total. The molecule has 1 atom stereocenters. The Morgan fingerprint density at radius 1 is 1.47 bits per heavy atom. The molecular weight excluding hydrogens is 236 g/mol. The van der Waals surface area contributed by atoms with Crippen molar-refractivity contribution in [2.75, 3.05) is 6.61 Å². The molecule has 0 saturated heterocycles. The smallest absolute Gasteiger partial charge is 0.220 e. The molecule has 0 aliphatic heterocycles. The van der Waals surface area contributed by atoms with Crippen LogP contribution in [-0.2, 0) is 4.79 Å². The summed E-state index contributed by atoms with van der Waals surface area (Å²) in [5, 5.41) is 12.6. The van der Waals surface area contributed by atoms with E-state index in [0.29, 0.717) is 12.8 Å². The number of amides is 1. The van der Waals surface area contributed by atoms with Gasteiger partial charge in [0.25, 0.3) is 0 Å². The predicted molar refractivity (Wildman–Crippen MR) is 69.1 cm³/mol. The van der Waals surface area contributed by atoms with Gasteiger partial charge < -0.3 is 10.4 Å². The van der Waals surface area contributed by atoms with Crippen LogP contribution in [0.3, 0.4) is 0 Å². The average Bonchev–Trinajstić information content (AvgIpc) is 2.58. The fourth-order valence-electron chi connectivity index (χ4n) is 1.73. The summed E-state index contributed by atoms with van der Waals surface area (Å²) in [6.45, 7) is 6.06. The Hall–Kier alpha value is -0.940. The summed E-state index contributed by atoms with van der Waals surface area (Å²) in [7, 11) is 0. The molecule has 96 valence electrons. The highest BCUT2D eigenvalue weighted by atomic mass is 32.1. The standard InChI is InChI=1S/C12H20N2O2S/c1-8-12(17-10(3)13-8)9(2)14-11(16)6-4-5-7-15/h9,15H,4-7H2,1-3H3,(H,14,16). The highest BCUT2D eigenvalue weighted by Gasteiger charge is 2.14. The third-order valence-electron chi connectivity index (χ3n) is 2.52. The molecule has 1 heterocycles. The van der Waals surface area contributed by atoms with Crippen molar-refractivity contribution >= 4 is 17.2 Å². The first-order valence-corrected chi connectivity index (χ1v) is 6.70. The molecule has 17 heavy (non-hydrogen) atoms. The van der Waals surface area contributed by atoms with Crippen molar-refractivity contribution < 1.29 is 9.90 Å². The monoisotopic (exact) mass is 256 g/mol. The molecule has 0 bridgehead atoms. The molecular formula is C12H20N2O2S. The van der Waals surface area contributed by atoms with E-state index in [0.717, 1.165) is 22.0 Å². The number of rotatable bonds is 6. The van der Waals surface area contributed by atoms with Crippen LogP contribution >= 0.6 is 11.3 Å². The van der Waals surface area contributed by atoms with Gasteiger partial charge in [-0.2, -0.15) is 0 Å². The van der Waals surface area contributed by atoms with Crippen LogP contribution in [0.1, 0.15) is 47.8 Å². The van der Waals surface area contributed by atoms with E-state index < -0.39 is 0 Å². The predicted octanol–water partition coefficient (Wildman–Crippen LogP) is 2.10. The van der Waals surface area contributed by atoms with Gasteiger partial charge in [-0.25, -0.2) is 4.98 Å². The summed E-state index contributed by atoms with van der Waals surface area (Å²) >= 11 is 1.63. The molecule has 1 rings (SSSR count). The van der Waals surface area contributed by atoms with Gasteiger partial charge in [-0.1, -0.05) is 0 Å². The average molecular weight is 256 g/mol. The Bertz CT molecular complexity index is 377. The second-order valence-corrected chi connectivity index (χ2v) is 5.39. The number of nitrogens with one attached hydrogen (secondary N) is 1. The van der Waals surface area contributed by atoms with E-state index in [1.165, 1.54) is 0 Å². The molecule has 0 saturated carbocycles. The van der Waals surface area contributed by atoms with Gasteiger partial charge in [-0.15, -0.1) is 11.3 Å². The number of aromatic nitrogens is 1. The molecule has 1 aromatic rings. The van der Waals surface area contributed by atoms with Gasteiger partial charge in [0.15, 0.2) is 0 Å². The van der Waals surface area contributed by atoms with E-state index in [1.807, 2.05) is 20.8 Å². The number of thiazole rings is 1. The molecule has 2 N–H and O–H groups in total. The first kappa shape index (κ1) is 14.1. The Labute approximate surface area is 106 Å². The normalized spacial score (nSPS) is 12.5. The SMILES string of the molecule is Cc1nc(C)c(C(C)NC(=O)CCCCO)s1. The molecule has 1 amide bonds. The fourth-order valence-corrected chi connectivity index (χ4v) is 2.66. The van der Waals surface area contributed by atoms with Crippen LogP contribution in [0.4, 0.5) is 0 Å². The second-order valence-electron chi connectivity index (χ2n) is 4.15. The first-order valence-electron chi connectivity index (χ1n) is 5.88. The third kappa shape index (κ3) is 4.44. The molecule has 1 unspecified atom stereocenters. The Balaban J connectivity index is 2.46. The summed E-state index contributed by atoms with van der Waals surface area (Å²) in [5.74, 6) is 0.0383. The number of aryl methyl sites for hydroxylation is 2. The van der Waals surface area contributed by atoms with Crippen LogP contribution in [0.2, 0.25) is 0 Å². The Morgan fingerprint density at radius 2 is 2.18 bits per heavy atom. The van der Waals surface area contributed by atoms with Crippen molar-refractivity contribution in [1.29, 1.82) is 0 Å². The topological polar surface area (TPSA) is 62.2 Å². The highest BCUT2D eigenvalue weighted by Crippen LogP contribution is 2.24. The molecule has 0 spiro atoms. The Morgan fingerprint density at radius 3 is 2.71 bits per heavy atom. The van der Waals surface area contributed by atoms with Gasteiger partial charge in [0.1, 0.15) is 0 Å². The van der Waals surface area contributed by atoms with Crippen molar-refractivity contribution in [2.24, 2.45) is 0 Å². The zero-order valence-electron chi connectivity index (χ0n) is 10.6. The number of aliphatic hydroxyl groups excluding tert-OH is 1. The second kappa shape index (κ2) is 6.71. The quantitative estimate of drug-likeness (QED) is 0.766. The minimum atomic E-state index is 0.0165. The largest absolute Gasteiger partial charge is 0.396 e. The summed E-state index contributed by atoms with van der Waals surface area (Å²) in [6, 6.07) is 0.0165. The number of hydrogen-bond acceptors (Lipinski definition) is 4. The summed E-state index contributed by atoms with van der Waals surface area (Å²) < 4.78 is 0. The number of carbonyl (C=O) groups is 1. The van der Waals surface area contributed by atoms with Gasteiger partial charge in [-0.05, 0) is 33.6 Å². The molecule has 0 aliphatic carbocycles. The molecule has 0 aliphatic rings. The first-order chi connectivity index (χ1) is 8.04. The zero-order valence-corrected chi connectivity index (χ0v) is 11.4. The van der Waals surface area contributed by atoms with E-state index >= 15 is 0 Å². The van der Waals surface area contributed by atoms with Crippen LogP contribution < -0.4 is 5.32 Å². The lowest BCUT2D eigenvalue weighted by Crippen LogP contribution is -2.26. The highest BCUT2D eigenvalue weighted by molar-refractivity contribution is 7.11. The fraction of sp³-hybridized carbons (Fsp3) is 0.667. The third-order valence-corrected chi connectivity index (χ3v) is 3.78. The van der Waals surface area contributed by atoms with E-state index in [4.69, 9.17) is 5.11 Å². The number of unbranched alkanes of at least 4 members (excludes halogenated alkanes) is 1. The molecule has 0 aromatic carbocycles. The van der Waals surface area contributed by atoms with Gasteiger partial charge in [-0.3, -0.25) is 4.79 Å². The van der Waals surface area contributed by atoms with Crippen LogP contribution in [-0.4, -0.2) is 22.6 Å². The van der Waals surface area contributed by atoms with Gasteiger partial charge in [0.2, 0.25) is 5.91 Å². The van der Waals surface area contributed by atoms with E-state index in [2.05, 4.69) is 10.3 Å². The van der Waals surface area contributed by atoms with Gasteiger partial charge in [0.05, 0.1) is 16.7 Å². The lowest BCUT2D eigenvalue weighted by molar-refractivity contribution is -0.121. The number of aliphatic hydroxyl groups is 1. The number of hydrogen-bond donors (Lipinski definition) is 2. The summed E-state index contributed by atoms with van der Waals surface area (Å²) in [5.41, 5.74) is 0.996. The molecule has 0 fully saturated rings. The molecule has 5 heteroatoms. The lowest BCUT2D eigenvalue weighted by atomic mass is 10.2.